The highest BCUT2D eigenvalue weighted by atomic mass is 16.3. The van der Waals surface area contributed by atoms with Crippen LogP contribution < -0.4 is 16.2 Å². The molecule has 2 aromatic heterocycles. The van der Waals surface area contributed by atoms with E-state index in [0.717, 1.165) is 40.6 Å². The first kappa shape index (κ1) is 34.3. The van der Waals surface area contributed by atoms with Crippen LogP contribution in [-0.2, 0) is 16.2 Å². The lowest BCUT2D eigenvalue weighted by Gasteiger charge is -2.27. The monoisotopic (exact) mass is 738 g/mol. The quantitative estimate of drug-likeness (QED) is 0.183. The van der Waals surface area contributed by atoms with Crippen LogP contribution in [0.25, 0.3) is 71.7 Å². The molecule has 1 aliphatic heterocycles. The Morgan fingerprint density at radius 1 is 0.596 bits per heavy atom. The van der Waals surface area contributed by atoms with Gasteiger partial charge in [-0.2, -0.15) is 0 Å². The summed E-state index contributed by atoms with van der Waals surface area (Å²) in [6, 6.07) is 47.8. The zero-order chi connectivity index (χ0) is 39.2. The van der Waals surface area contributed by atoms with Gasteiger partial charge in [0.2, 0.25) is 0 Å². The van der Waals surface area contributed by atoms with Crippen molar-refractivity contribution in [1.82, 2.24) is 4.57 Å². The highest BCUT2D eigenvalue weighted by Gasteiger charge is 2.37. The van der Waals surface area contributed by atoms with Crippen LogP contribution in [0.3, 0.4) is 0 Å². The first-order valence-corrected chi connectivity index (χ1v) is 20.5. The Morgan fingerprint density at radius 3 is 2.11 bits per heavy atom. The maximum Gasteiger partial charge on any atom is 0.198 e. The highest BCUT2D eigenvalue weighted by molar-refractivity contribution is 6.73. The summed E-state index contributed by atoms with van der Waals surface area (Å²) in [6.45, 7) is 18.5. The molecule has 11 rings (SSSR count). The van der Waals surface area contributed by atoms with Crippen molar-refractivity contribution in [1.29, 1.82) is 0 Å². The molecule has 7 aromatic carbocycles. The van der Waals surface area contributed by atoms with E-state index in [1.54, 1.807) is 0 Å². The van der Waals surface area contributed by atoms with Gasteiger partial charge >= 0.3 is 0 Å². The van der Waals surface area contributed by atoms with Gasteiger partial charge in [0, 0.05) is 49.7 Å². The maximum atomic E-state index is 6.75. The largest absolute Gasteiger partial charge is 0.455 e. The molecule has 57 heavy (non-hydrogen) atoms. The van der Waals surface area contributed by atoms with Crippen LogP contribution in [0.15, 0.2) is 132 Å². The van der Waals surface area contributed by atoms with Gasteiger partial charge in [0.1, 0.15) is 11.2 Å². The van der Waals surface area contributed by atoms with Crippen LogP contribution in [0, 0.1) is 0 Å². The van der Waals surface area contributed by atoms with Gasteiger partial charge in [-0.3, -0.25) is 0 Å². The maximum absolute atomic E-state index is 6.75. The molecule has 0 radical (unpaired) electrons. The Morgan fingerprint density at radius 2 is 1.32 bits per heavy atom. The van der Waals surface area contributed by atoms with Gasteiger partial charge < -0.3 is 14.3 Å². The third-order valence-corrected chi connectivity index (χ3v) is 13.1. The van der Waals surface area contributed by atoms with E-state index in [2.05, 4.69) is 193 Å². The van der Waals surface area contributed by atoms with Crippen molar-refractivity contribution in [3.8, 4) is 27.9 Å². The van der Waals surface area contributed by atoms with Crippen LogP contribution in [0.5, 0.6) is 0 Å². The molecule has 0 saturated heterocycles. The van der Waals surface area contributed by atoms with Gasteiger partial charge in [-0.25, -0.2) is 0 Å². The number of hydrogen-bond donors (Lipinski definition) is 1. The standard InChI is InChI=1S/C53H47BN2O/c1-51(2,3)30-17-20-32(21-18-30)55-43-29-38-33-13-9-11-15-40(33)53(7,8)41(38)28-39(43)35-22-23-37-47-45(26-24-36-34-14-10-12-16-46(34)57-50(36)47)56-44-25-19-31(52(4,5)6)27-42(44)54-48(35)49(37)56/h9-29,54-55H,1-8H3. The van der Waals surface area contributed by atoms with E-state index < -0.39 is 0 Å². The number of aromatic nitrogens is 1. The number of para-hydroxylation sites is 1. The molecule has 0 bridgehead atoms. The summed E-state index contributed by atoms with van der Waals surface area (Å²) < 4.78 is 9.29. The minimum absolute atomic E-state index is 0.0313. The number of benzene rings is 7. The second-order valence-corrected chi connectivity index (χ2v) is 19.1. The fourth-order valence-corrected chi connectivity index (χ4v) is 10.0. The number of nitrogens with one attached hydrogen (secondary N) is 1. The van der Waals surface area contributed by atoms with Crippen LogP contribution in [0.4, 0.5) is 11.4 Å². The second kappa shape index (κ2) is 11.5. The Kier molecular flexibility index (Phi) is 6.94. The van der Waals surface area contributed by atoms with Crippen molar-refractivity contribution in [3.63, 3.8) is 0 Å². The summed E-state index contributed by atoms with van der Waals surface area (Å²) in [6.07, 6.45) is 0. The van der Waals surface area contributed by atoms with Crippen molar-refractivity contribution >= 4 is 73.3 Å². The Balaban J connectivity index is 1.21. The van der Waals surface area contributed by atoms with Crippen LogP contribution in [-0.4, -0.2) is 11.8 Å². The second-order valence-electron chi connectivity index (χ2n) is 19.1. The molecule has 0 unspecified atom stereocenters. The number of rotatable bonds is 3. The van der Waals surface area contributed by atoms with E-state index in [4.69, 9.17) is 4.42 Å². The average Bonchev–Trinajstić information content (AvgIpc) is 3.81. The Hall–Kier alpha value is -6.00. The fourth-order valence-electron chi connectivity index (χ4n) is 10.0. The number of furan rings is 1. The van der Waals surface area contributed by atoms with E-state index >= 15 is 0 Å². The molecule has 3 heterocycles. The van der Waals surface area contributed by atoms with E-state index in [9.17, 15) is 0 Å². The van der Waals surface area contributed by atoms with Crippen molar-refractivity contribution in [2.45, 2.75) is 71.6 Å². The summed E-state index contributed by atoms with van der Waals surface area (Å²) >= 11 is 0. The molecule has 0 atom stereocenters. The lowest BCUT2D eigenvalue weighted by atomic mass is 9.58. The number of nitrogens with zero attached hydrogens (tertiary/aromatic N) is 1. The lowest BCUT2D eigenvalue weighted by molar-refractivity contribution is 0.590. The highest BCUT2D eigenvalue weighted by Crippen LogP contribution is 2.52. The predicted octanol–water partition coefficient (Wildman–Crippen LogP) is 12.7. The van der Waals surface area contributed by atoms with E-state index in [-0.39, 0.29) is 16.2 Å². The minimum Gasteiger partial charge on any atom is -0.455 e. The third-order valence-electron chi connectivity index (χ3n) is 13.1. The lowest BCUT2D eigenvalue weighted by Crippen LogP contribution is -2.38. The summed E-state index contributed by atoms with van der Waals surface area (Å²) in [5, 5.41) is 8.70. The molecule has 278 valence electrons. The molecule has 1 aliphatic carbocycles. The molecular weight excluding hydrogens is 691 g/mol. The minimum atomic E-state index is -0.134. The number of hydrogen-bond acceptors (Lipinski definition) is 2. The first-order valence-electron chi connectivity index (χ1n) is 20.5. The topological polar surface area (TPSA) is 30.1 Å². The summed E-state index contributed by atoms with van der Waals surface area (Å²) in [7, 11) is 0.839. The van der Waals surface area contributed by atoms with Gasteiger partial charge in [-0.05, 0) is 104 Å². The normalized spacial score (nSPS) is 14.2. The predicted molar refractivity (Wildman–Crippen MR) is 245 cm³/mol. The Labute approximate surface area is 335 Å². The molecule has 3 nitrogen and oxygen atoms in total. The van der Waals surface area contributed by atoms with Crippen LogP contribution >= 0.6 is 0 Å². The van der Waals surface area contributed by atoms with Crippen molar-refractivity contribution in [2.75, 3.05) is 5.32 Å². The first-order chi connectivity index (χ1) is 27.3. The van der Waals surface area contributed by atoms with Gasteiger partial charge in [-0.1, -0.05) is 140 Å². The van der Waals surface area contributed by atoms with Crippen molar-refractivity contribution < 1.29 is 4.42 Å². The van der Waals surface area contributed by atoms with Crippen molar-refractivity contribution in [2.24, 2.45) is 0 Å². The molecular formula is C53H47BN2O. The van der Waals surface area contributed by atoms with Gasteiger partial charge in [0.05, 0.1) is 10.9 Å². The zero-order valence-corrected chi connectivity index (χ0v) is 34.2. The molecule has 9 aromatic rings. The molecule has 0 spiro atoms. The zero-order valence-electron chi connectivity index (χ0n) is 34.2. The SMILES string of the molecule is CC(C)(C)c1ccc(Nc2cc3c(cc2-c2ccc4c5c6oc7ccccc7c6ccc5n5c4c2Bc2cc(C(C)(C)C)ccc2-5)C(C)(C)c2ccccc2-3)cc1. The van der Waals surface area contributed by atoms with Crippen LogP contribution in [0.2, 0.25) is 0 Å². The fraction of sp³-hybridized carbons (Fsp3) is 0.208. The average molecular weight is 739 g/mol. The summed E-state index contributed by atoms with van der Waals surface area (Å²) in [4.78, 5) is 0. The van der Waals surface area contributed by atoms with Gasteiger partial charge in [0.25, 0.3) is 0 Å². The number of anilines is 2. The van der Waals surface area contributed by atoms with Gasteiger partial charge in [-0.15, -0.1) is 0 Å². The van der Waals surface area contributed by atoms with Gasteiger partial charge in [0.15, 0.2) is 7.28 Å². The third kappa shape index (κ3) is 4.92. The number of fused-ring (bicyclic) bond motifs is 12. The molecule has 0 fully saturated rings. The smallest absolute Gasteiger partial charge is 0.198 e. The van der Waals surface area contributed by atoms with E-state index in [0.29, 0.717) is 0 Å². The Bertz CT molecular complexity index is 3160. The van der Waals surface area contributed by atoms with E-state index in [1.807, 2.05) is 0 Å². The van der Waals surface area contributed by atoms with Crippen molar-refractivity contribution in [3.05, 3.63) is 150 Å². The van der Waals surface area contributed by atoms with Crippen LogP contribution in [0.1, 0.15) is 77.6 Å². The molecule has 4 heteroatoms. The molecule has 0 amide bonds. The summed E-state index contributed by atoms with van der Waals surface area (Å²) in [5.74, 6) is 0. The molecule has 1 N–H and O–H groups in total. The molecule has 2 aliphatic rings. The summed E-state index contributed by atoms with van der Waals surface area (Å²) in [5.41, 5.74) is 21.1. The van der Waals surface area contributed by atoms with E-state index in [1.165, 1.54) is 82.9 Å². The molecule has 0 saturated carbocycles.